The van der Waals surface area contributed by atoms with Crippen LogP contribution in [0.2, 0.25) is 0 Å². The van der Waals surface area contributed by atoms with Gasteiger partial charge in [-0.3, -0.25) is 4.79 Å². The molecule has 1 unspecified atom stereocenters. The maximum Gasteiger partial charge on any atom is 0.234 e. The molecule has 3 aromatic rings. The van der Waals surface area contributed by atoms with Gasteiger partial charge in [-0.1, -0.05) is 18.2 Å². The number of ether oxygens (including phenoxy) is 1. The predicted octanol–water partition coefficient (Wildman–Crippen LogP) is 5.55. The topological polar surface area (TPSA) is 32.8 Å². The molecule has 0 radical (unpaired) electrons. The highest BCUT2D eigenvalue weighted by Gasteiger charge is 2.31. The van der Waals surface area contributed by atoms with E-state index in [2.05, 4.69) is 12.1 Å². The zero-order valence-electron chi connectivity index (χ0n) is 18.8. The van der Waals surface area contributed by atoms with Crippen molar-refractivity contribution in [2.75, 3.05) is 31.0 Å². The van der Waals surface area contributed by atoms with Crippen LogP contribution in [0.15, 0.2) is 66.7 Å². The largest absolute Gasteiger partial charge is 0.497 e. The van der Waals surface area contributed by atoms with Gasteiger partial charge in [0.15, 0.2) is 0 Å². The molecular formula is C27H29FN2O2. The van der Waals surface area contributed by atoms with Crippen molar-refractivity contribution < 1.29 is 13.9 Å². The lowest BCUT2D eigenvalue weighted by Crippen LogP contribution is -2.36. The molecule has 0 aliphatic heterocycles. The summed E-state index contributed by atoms with van der Waals surface area (Å²) in [6, 6.07) is 20.6. The highest BCUT2D eigenvalue weighted by Crippen LogP contribution is 2.35. The van der Waals surface area contributed by atoms with E-state index in [-0.39, 0.29) is 17.6 Å². The van der Waals surface area contributed by atoms with E-state index in [4.69, 9.17) is 4.74 Å². The van der Waals surface area contributed by atoms with Crippen LogP contribution in [0.4, 0.5) is 15.8 Å². The highest BCUT2D eigenvalue weighted by molar-refractivity contribution is 5.98. The zero-order valence-corrected chi connectivity index (χ0v) is 18.8. The lowest BCUT2D eigenvalue weighted by molar-refractivity contribution is -0.120. The normalized spacial score (nSPS) is 15.1. The second-order valence-electron chi connectivity index (χ2n) is 8.47. The van der Waals surface area contributed by atoms with Crippen LogP contribution in [-0.2, 0) is 17.8 Å². The number of hydrogen-bond acceptors (Lipinski definition) is 3. The first-order valence-corrected chi connectivity index (χ1v) is 11.0. The van der Waals surface area contributed by atoms with Gasteiger partial charge in [0.05, 0.1) is 19.6 Å². The molecule has 0 heterocycles. The number of amides is 1. The second kappa shape index (κ2) is 9.43. The average molecular weight is 433 g/mol. The molecule has 4 rings (SSSR count). The molecule has 4 nitrogen and oxygen atoms in total. The summed E-state index contributed by atoms with van der Waals surface area (Å²) in [5, 5.41) is 0. The number of carbonyl (C=O) groups excluding carboxylic acids is 1. The molecule has 1 aliphatic rings. The Hall–Kier alpha value is -3.34. The number of hydrogen-bond donors (Lipinski definition) is 0. The van der Waals surface area contributed by atoms with Gasteiger partial charge in [0.25, 0.3) is 0 Å². The molecule has 1 aliphatic carbocycles. The molecule has 0 saturated carbocycles. The summed E-state index contributed by atoms with van der Waals surface area (Å²) in [5.41, 5.74) is 4.84. The molecule has 166 valence electrons. The van der Waals surface area contributed by atoms with Crippen LogP contribution in [0.25, 0.3) is 0 Å². The Morgan fingerprint density at radius 1 is 1.00 bits per heavy atom. The minimum absolute atomic E-state index is 0.00148. The maximum atomic E-state index is 14.0. The summed E-state index contributed by atoms with van der Waals surface area (Å²) < 4.78 is 19.3. The fourth-order valence-corrected chi connectivity index (χ4v) is 4.36. The SMILES string of the molecule is COc1ccc(N(Cc2ccc(N(C)C)cc2)C(=O)C2CCCc3ccc(F)cc32)cc1. The van der Waals surface area contributed by atoms with Crippen LogP contribution in [0, 0.1) is 5.82 Å². The molecule has 0 bridgehead atoms. The lowest BCUT2D eigenvalue weighted by Gasteiger charge is -2.31. The van der Waals surface area contributed by atoms with Crippen molar-refractivity contribution >= 4 is 17.3 Å². The molecule has 0 N–H and O–H groups in total. The van der Waals surface area contributed by atoms with Gasteiger partial charge < -0.3 is 14.5 Å². The number of methoxy groups -OCH3 is 1. The van der Waals surface area contributed by atoms with E-state index in [1.165, 1.54) is 12.1 Å². The molecule has 0 spiro atoms. The van der Waals surface area contributed by atoms with Crippen LogP contribution in [0.3, 0.4) is 0 Å². The zero-order chi connectivity index (χ0) is 22.7. The van der Waals surface area contributed by atoms with E-state index in [0.717, 1.165) is 53.1 Å². The lowest BCUT2D eigenvalue weighted by atomic mass is 9.82. The van der Waals surface area contributed by atoms with Crippen molar-refractivity contribution in [1.82, 2.24) is 0 Å². The Labute approximate surface area is 189 Å². The first-order valence-electron chi connectivity index (χ1n) is 11.0. The van der Waals surface area contributed by atoms with E-state index < -0.39 is 0 Å². The van der Waals surface area contributed by atoms with Crippen molar-refractivity contribution in [3.8, 4) is 5.75 Å². The number of carbonyl (C=O) groups is 1. The summed E-state index contributed by atoms with van der Waals surface area (Å²) in [5.74, 6) is 0.0938. The fraction of sp³-hybridized carbons (Fsp3) is 0.296. The summed E-state index contributed by atoms with van der Waals surface area (Å²) in [6.45, 7) is 0.444. The number of aryl methyl sites for hydroxylation is 1. The summed E-state index contributed by atoms with van der Waals surface area (Å²) in [6.07, 6.45) is 2.53. The van der Waals surface area contributed by atoms with Gasteiger partial charge in [-0.25, -0.2) is 4.39 Å². The van der Waals surface area contributed by atoms with Gasteiger partial charge in [-0.15, -0.1) is 0 Å². The second-order valence-corrected chi connectivity index (χ2v) is 8.47. The molecule has 32 heavy (non-hydrogen) atoms. The van der Waals surface area contributed by atoms with Crippen molar-refractivity contribution in [2.24, 2.45) is 0 Å². The molecule has 0 aromatic heterocycles. The summed E-state index contributed by atoms with van der Waals surface area (Å²) in [4.78, 5) is 17.7. The van der Waals surface area contributed by atoms with Crippen LogP contribution >= 0.6 is 0 Å². The van der Waals surface area contributed by atoms with Gasteiger partial charge in [0, 0.05) is 25.5 Å². The smallest absolute Gasteiger partial charge is 0.234 e. The summed E-state index contributed by atoms with van der Waals surface area (Å²) >= 11 is 0. The third-order valence-corrected chi connectivity index (χ3v) is 6.16. The Bertz CT molecular complexity index is 1080. The minimum atomic E-state index is -0.349. The van der Waals surface area contributed by atoms with Crippen molar-refractivity contribution in [1.29, 1.82) is 0 Å². The molecule has 1 amide bonds. The van der Waals surface area contributed by atoms with E-state index in [9.17, 15) is 9.18 Å². The van der Waals surface area contributed by atoms with Crippen LogP contribution in [0.5, 0.6) is 5.75 Å². The Kier molecular flexibility index (Phi) is 6.45. The Morgan fingerprint density at radius 2 is 1.69 bits per heavy atom. The van der Waals surface area contributed by atoms with Crippen molar-refractivity contribution in [2.45, 2.75) is 31.7 Å². The van der Waals surface area contributed by atoms with Crippen LogP contribution in [-0.4, -0.2) is 27.1 Å². The molecule has 0 saturated heterocycles. The first-order chi connectivity index (χ1) is 15.5. The number of halogens is 1. The first kappa shape index (κ1) is 21.9. The van der Waals surface area contributed by atoms with Gasteiger partial charge >= 0.3 is 0 Å². The molecule has 1 atom stereocenters. The van der Waals surface area contributed by atoms with Crippen molar-refractivity contribution in [3.63, 3.8) is 0 Å². The Morgan fingerprint density at radius 3 is 2.34 bits per heavy atom. The number of nitrogens with zero attached hydrogens (tertiary/aromatic N) is 2. The van der Waals surface area contributed by atoms with Crippen LogP contribution < -0.4 is 14.5 Å². The van der Waals surface area contributed by atoms with E-state index >= 15 is 0 Å². The third-order valence-electron chi connectivity index (χ3n) is 6.16. The quantitative estimate of drug-likeness (QED) is 0.512. The monoisotopic (exact) mass is 432 g/mol. The third kappa shape index (κ3) is 4.62. The number of anilines is 2. The predicted molar refractivity (Wildman–Crippen MR) is 127 cm³/mol. The molecule has 0 fully saturated rings. The number of fused-ring (bicyclic) bond motifs is 1. The molecule has 5 heteroatoms. The van der Waals surface area contributed by atoms with E-state index in [1.54, 1.807) is 7.11 Å². The van der Waals surface area contributed by atoms with E-state index in [1.807, 2.05) is 66.4 Å². The maximum absolute atomic E-state index is 14.0. The molecular weight excluding hydrogens is 403 g/mol. The van der Waals surface area contributed by atoms with Gasteiger partial charge in [-0.05, 0) is 84.5 Å². The standard InChI is InChI=1S/C27H29FN2O2/c1-29(2)22-11-7-19(8-12-22)18-30(23-13-15-24(32-3)16-14-23)27(31)25-6-4-5-20-9-10-21(28)17-26(20)25/h7-17,25H,4-6,18H2,1-3H3. The molecule has 3 aromatic carbocycles. The Balaban J connectivity index is 1.69. The summed E-state index contributed by atoms with van der Waals surface area (Å²) in [7, 11) is 5.63. The van der Waals surface area contributed by atoms with Gasteiger partial charge in [-0.2, -0.15) is 0 Å². The number of rotatable bonds is 6. The van der Waals surface area contributed by atoms with Crippen molar-refractivity contribution in [3.05, 3.63) is 89.2 Å². The average Bonchev–Trinajstić information content (AvgIpc) is 2.82. The minimum Gasteiger partial charge on any atom is -0.497 e. The number of benzene rings is 3. The van der Waals surface area contributed by atoms with Crippen LogP contribution in [0.1, 0.15) is 35.4 Å². The van der Waals surface area contributed by atoms with E-state index in [0.29, 0.717) is 6.54 Å². The fourth-order valence-electron chi connectivity index (χ4n) is 4.36. The highest BCUT2D eigenvalue weighted by atomic mass is 19.1. The van der Waals surface area contributed by atoms with Gasteiger partial charge in [0.1, 0.15) is 11.6 Å². The van der Waals surface area contributed by atoms with Gasteiger partial charge in [0.2, 0.25) is 5.91 Å².